The average molecular weight is 393 g/mol. The molecule has 2 amide bonds. The van der Waals surface area contributed by atoms with E-state index < -0.39 is 11.7 Å². The van der Waals surface area contributed by atoms with E-state index in [0.29, 0.717) is 38.4 Å². The first-order valence-corrected chi connectivity index (χ1v) is 9.08. The van der Waals surface area contributed by atoms with Gasteiger partial charge in [0.2, 0.25) is 0 Å². The number of amides is 2. The lowest BCUT2D eigenvalue weighted by molar-refractivity contribution is -0.137. The van der Waals surface area contributed by atoms with Crippen molar-refractivity contribution in [3.63, 3.8) is 0 Å². The molecule has 0 aliphatic carbocycles. The second-order valence-electron chi connectivity index (χ2n) is 6.68. The fourth-order valence-corrected chi connectivity index (χ4v) is 3.10. The minimum Gasteiger partial charge on any atom is -0.355 e. The van der Waals surface area contributed by atoms with Crippen LogP contribution >= 0.6 is 0 Å². The lowest BCUT2D eigenvalue weighted by Gasteiger charge is -2.25. The number of halogens is 3. The Labute approximate surface area is 161 Å². The summed E-state index contributed by atoms with van der Waals surface area (Å²) in [4.78, 5) is 24.1. The van der Waals surface area contributed by atoms with Crippen LogP contribution in [-0.2, 0) is 6.18 Å². The summed E-state index contributed by atoms with van der Waals surface area (Å²) in [5, 5.41) is 2.97. The van der Waals surface area contributed by atoms with Crippen molar-refractivity contribution in [3.05, 3.63) is 54.0 Å². The summed E-state index contributed by atoms with van der Waals surface area (Å²) in [6.07, 6.45) is 0.517. The highest BCUT2D eigenvalue weighted by atomic mass is 19.4. The highest BCUT2D eigenvalue weighted by Gasteiger charge is 2.31. The number of hydrogen-bond donors (Lipinski definition) is 1. The molecule has 2 aromatic rings. The number of anilines is 1. The Bertz CT molecular complexity index is 782. The van der Waals surface area contributed by atoms with Crippen LogP contribution in [0.3, 0.4) is 0 Å². The molecule has 0 spiro atoms. The Hall–Kier alpha value is -2.84. The quantitative estimate of drug-likeness (QED) is 0.867. The maximum Gasteiger partial charge on any atom is 0.417 e. The van der Waals surface area contributed by atoms with Crippen LogP contribution in [-0.4, -0.2) is 47.1 Å². The fraction of sp³-hybridized carbons (Fsp3) is 0.421. The number of alkyl halides is 3. The number of aromatic nitrogens is 2. The molecule has 9 heteroatoms. The Morgan fingerprint density at radius 3 is 2.50 bits per heavy atom. The van der Waals surface area contributed by atoms with Gasteiger partial charge in [0, 0.05) is 44.8 Å². The summed E-state index contributed by atoms with van der Waals surface area (Å²) in [7, 11) is 0. The van der Waals surface area contributed by atoms with E-state index in [0.717, 1.165) is 17.8 Å². The minimum atomic E-state index is -4.40. The summed E-state index contributed by atoms with van der Waals surface area (Å²) in [6, 6.07) is 5.81. The van der Waals surface area contributed by atoms with Gasteiger partial charge in [0.05, 0.1) is 11.6 Å². The largest absolute Gasteiger partial charge is 0.417 e. The van der Waals surface area contributed by atoms with Gasteiger partial charge in [-0.05, 0) is 43.2 Å². The molecule has 150 valence electrons. The van der Waals surface area contributed by atoms with Crippen molar-refractivity contribution in [2.24, 2.45) is 0 Å². The first kappa shape index (κ1) is 19.9. The van der Waals surface area contributed by atoms with E-state index in [1.54, 1.807) is 17.3 Å². The van der Waals surface area contributed by atoms with Crippen molar-refractivity contribution in [1.29, 1.82) is 0 Å². The summed E-state index contributed by atoms with van der Waals surface area (Å²) in [5.41, 5.74) is 0.200. The van der Waals surface area contributed by atoms with Gasteiger partial charge in [0.15, 0.2) is 0 Å². The Balaban J connectivity index is 1.58. The van der Waals surface area contributed by atoms with E-state index in [9.17, 15) is 18.0 Å². The predicted octanol–water partition coefficient (Wildman–Crippen LogP) is 3.48. The lowest BCUT2D eigenvalue weighted by Crippen LogP contribution is -2.43. The lowest BCUT2D eigenvalue weighted by atomic mass is 10.1. The van der Waals surface area contributed by atoms with Gasteiger partial charge >= 0.3 is 12.2 Å². The zero-order valence-electron chi connectivity index (χ0n) is 15.5. The van der Waals surface area contributed by atoms with Crippen LogP contribution in [0.2, 0.25) is 0 Å². The van der Waals surface area contributed by atoms with Gasteiger partial charge in [0.1, 0.15) is 5.82 Å². The first-order chi connectivity index (χ1) is 13.3. The normalized spacial score (nSPS) is 16.4. The molecular weight excluding hydrogens is 371 g/mol. The number of nitrogens with zero attached hydrogens (tertiary/aromatic N) is 4. The van der Waals surface area contributed by atoms with Crippen LogP contribution in [0, 0.1) is 0 Å². The van der Waals surface area contributed by atoms with Gasteiger partial charge < -0.3 is 15.1 Å². The van der Waals surface area contributed by atoms with Crippen molar-refractivity contribution in [2.75, 3.05) is 31.1 Å². The summed E-state index contributed by atoms with van der Waals surface area (Å²) < 4.78 is 38.1. The smallest absolute Gasteiger partial charge is 0.355 e. The third-order valence-corrected chi connectivity index (χ3v) is 4.73. The van der Waals surface area contributed by atoms with Crippen molar-refractivity contribution < 1.29 is 18.0 Å². The van der Waals surface area contributed by atoms with Gasteiger partial charge in [-0.1, -0.05) is 0 Å². The molecule has 1 unspecified atom stereocenters. The summed E-state index contributed by atoms with van der Waals surface area (Å²) >= 11 is 0. The molecule has 2 aromatic heterocycles. The van der Waals surface area contributed by atoms with Gasteiger partial charge in [-0.2, -0.15) is 13.2 Å². The summed E-state index contributed by atoms with van der Waals surface area (Å²) in [6.45, 7) is 4.09. The second kappa shape index (κ2) is 8.45. The second-order valence-corrected chi connectivity index (χ2v) is 6.68. The fourth-order valence-electron chi connectivity index (χ4n) is 3.10. The first-order valence-electron chi connectivity index (χ1n) is 9.08. The number of rotatable bonds is 3. The van der Waals surface area contributed by atoms with Gasteiger partial charge in [-0.15, -0.1) is 0 Å². The molecule has 1 aliphatic rings. The van der Waals surface area contributed by atoms with Crippen LogP contribution in [0.15, 0.2) is 42.9 Å². The van der Waals surface area contributed by atoms with E-state index in [4.69, 9.17) is 0 Å². The molecule has 3 heterocycles. The van der Waals surface area contributed by atoms with Crippen LogP contribution in [0.5, 0.6) is 0 Å². The van der Waals surface area contributed by atoms with Crippen molar-refractivity contribution in [1.82, 2.24) is 20.2 Å². The number of nitrogens with one attached hydrogen (secondary N) is 1. The van der Waals surface area contributed by atoms with Crippen LogP contribution in [0.25, 0.3) is 0 Å². The topological polar surface area (TPSA) is 61.4 Å². The molecule has 1 fully saturated rings. The number of carbonyl (C=O) groups is 1. The zero-order chi connectivity index (χ0) is 20.1. The van der Waals surface area contributed by atoms with E-state index in [-0.39, 0.29) is 12.1 Å². The van der Waals surface area contributed by atoms with Gasteiger partial charge in [0.25, 0.3) is 0 Å². The maximum atomic E-state index is 12.7. The molecular formula is C19H22F3N5O. The SMILES string of the molecule is CC(NC(=O)N1CCCN(c2ccc(C(F)(F)F)cn2)CC1)c1ccncc1. The molecule has 1 atom stereocenters. The standard InChI is InChI=1S/C19H22F3N5O/c1-14(15-5-7-23-8-6-15)25-18(28)27-10-2-9-26(11-12-27)17-4-3-16(13-24-17)19(20,21)22/h3-8,13-14H,2,9-12H2,1H3,(H,25,28). The van der Waals surface area contributed by atoms with Crippen molar-refractivity contribution in [2.45, 2.75) is 25.6 Å². The molecule has 1 N–H and O–H groups in total. The highest BCUT2D eigenvalue weighted by Crippen LogP contribution is 2.29. The third-order valence-electron chi connectivity index (χ3n) is 4.73. The molecule has 0 bridgehead atoms. The molecule has 3 rings (SSSR count). The molecule has 0 saturated carbocycles. The molecule has 0 aromatic carbocycles. The van der Waals surface area contributed by atoms with Crippen LogP contribution < -0.4 is 10.2 Å². The molecule has 6 nitrogen and oxygen atoms in total. The third kappa shape index (κ3) is 4.90. The van der Waals surface area contributed by atoms with Crippen molar-refractivity contribution >= 4 is 11.8 Å². The Kier molecular flexibility index (Phi) is 6.01. The molecule has 0 radical (unpaired) electrons. The van der Waals surface area contributed by atoms with Crippen LogP contribution in [0.4, 0.5) is 23.8 Å². The van der Waals surface area contributed by atoms with Crippen LogP contribution in [0.1, 0.15) is 30.5 Å². The van der Waals surface area contributed by atoms with E-state index >= 15 is 0 Å². The molecule has 1 aliphatic heterocycles. The maximum absolute atomic E-state index is 12.7. The highest BCUT2D eigenvalue weighted by molar-refractivity contribution is 5.74. The zero-order valence-corrected chi connectivity index (χ0v) is 15.5. The number of urea groups is 1. The monoisotopic (exact) mass is 393 g/mol. The minimum absolute atomic E-state index is 0.147. The number of carbonyl (C=O) groups excluding carboxylic acids is 1. The number of pyridine rings is 2. The molecule has 1 saturated heterocycles. The Morgan fingerprint density at radius 1 is 1.11 bits per heavy atom. The average Bonchev–Trinajstić information content (AvgIpc) is 2.94. The molecule has 28 heavy (non-hydrogen) atoms. The van der Waals surface area contributed by atoms with Gasteiger partial charge in [-0.3, -0.25) is 4.98 Å². The van der Waals surface area contributed by atoms with E-state index in [1.807, 2.05) is 24.0 Å². The predicted molar refractivity (Wildman–Crippen MR) is 98.8 cm³/mol. The Morgan fingerprint density at radius 2 is 1.86 bits per heavy atom. The number of hydrogen-bond acceptors (Lipinski definition) is 4. The summed E-state index contributed by atoms with van der Waals surface area (Å²) in [5.74, 6) is 0.486. The van der Waals surface area contributed by atoms with Crippen molar-refractivity contribution in [3.8, 4) is 0 Å². The van der Waals surface area contributed by atoms with Gasteiger partial charge in [-0.25, -0.2) is 9.78 Å². The van der Waals surface area contributed by atoms with E-state index in [1.165, 1.54) is 6.07 Å². The van der Waals surface area contributed by atoms with E-state index in [2.05, 4.69) is 15.3 Å².